The number of hydrogen-bond donors (Lipinski definition) is 2. The van der Waals surface area contributed by atoms with Crippen molar-refractivity contribution in [3.05, 3.63) is 66.1 Å². The van der Waals surface area contributed by atoms with Gasteiger partial charge < -0.3 is 10.4 Å². The van der Waals surface area contributed by atoms with Crippen LogP contribution >= 0.6 is 11.3 Å². The number of ketones is 1. The van der Waals surface area contributed by atoms with Gasteiger partial charge in [-0.25, -0.2) is 0 Å². The first-order chi connectivity index (χ1) is 13.0. The van der Waals surface area contributed by atoms with Crippen molar-refractivity contribution in [2.45, 2.75) is 13.8 Å². The Labute approximate surface area is 160 Å². The number of aromatic nitrogens is 2. The molecule has 0 aliphatic rings. The standard InChI is InChI=1S/C19H17N5O2S/c1-12(25)17(13(2)26)22-21-16-10-8-14(9-11-16)18-23-24-19(27-18)20-15-6-4-3-5-7-15/h3-11,25H,1-2H3,(H,20,24)/b17-12+,22-21?. The highest BCUT2D eigenvalue weighted by molar-refractivity contribution is 7.18. The van der Waals surface area contributed by atoms with Gasteiger partial charge in [-0.3, -0.25) is 4.79 Å². The van der Waals surface area contributed by atoms with E-state index in [9.17, 15) is 9.90 Å². The van der Waals surface area contributed by atoms with E-state index in [4.69, 9.17) is 0 Å². The summed E-state index contributed by atoms with van der Waals surface area (Å²) in [7, 11) is 0. The number of rotatable bonds is 6. The number of azo groups is 1. The largest absolute Gasteiger partial charge is 0.510 e. The summed E-state index contributed by atoms with van der Waals surface area (Å²) >= 11 is 1.44. The summed E-state index contributed by atoms with van der Waals surface area (Å²) in [6.07, 6.45) is 0. The summed E-state index contributed by atoms with van der Waals surface area (Å²) in [6.45, 7) is 2.73. The normalized spacial score (nSPS) is 12.1. The Balaban J connectivity index is 1.72. The highest BCUT2D eigenvalue weighted by atomic mass is 32.1. The second-order valence-corrected chi connectivity index (χ2v) is 6.62. The van der Waals surface area contributed by atoms with Crippen molar-refractivity contribution in [3.63, 3.8) is 0 Å². The second kappa shape index (κ2) is 8.33. The molecule has 2 aromatic carbocycles. The van der Waals surface area contributed by atoms with E-state index >= 15 is 0 Å². The summed E-state index contributed by atoms with van der Waals surface area (Å²) in [5.41, 5.74) is 2.35. The minimum atomic E-state index is -0.345. The fraction of sp³-hybridized carbons (Fsp3) is 0.105. The maximum absolute atomic E-state index is 11.4. The quantitative estimate of drug-likeness (QED) is 0.339. The highest BCUT2D eigenvalue weighted by Gasteiger charge is 2.08. The number of anilines is 2. The summed E-state index contributed by atoms with van der Waals surface area (Å²) in [5, 5.41) is 30.3. The van der Waals surface area contributed by atoms with E-state index in [2.05, 4.69) is 25.7 Å². The molecular weight excluding hydrogens is 362 g/mol. The van der Waals surface area contributed by atoms with Crippen molar-refractivity contribution < 1.29 is 9.90 Å². The summed E-state index contributed by atoms with van der Waals surface area (Å²) in [4.78, 5) is 11.4. The molecule has 0 radical (unpaired) electrons. The van der Waals surface area contributed by atoms with Crippen LogP contribution in [0, 0.1) is 0 Å². The Morgan fingerprint density at radius 3 is 2.37 bits per heavy atom. The molecule has 136 valence electrons. The van der Waals surface area contributed by atoms with Crippen LogP contribution in [0.4, 0.5) is 16.5 Å². The third-order valence-electron chi connectivity index (χ3n) is 3.51. The van der Waals surface area contributed by atoms with Gasteiger partial charge in [0, 0.05) is 18.2 Å². The van der Waals surface area contributed by atoms with Crippen molar-refractivity contribution in [1.29, 1.82) is 0 Å². The van der Waals surface area contributed by atoms with E-state index in [1.54, 1.807) is 12.1 Å². The van der Waals surface area contributed by atoms with Gasteiger partial charge in [-0.05, 0) is 43.3 Å². The van der Waals surface area contributed by atoms with E-state index in [-0.39, 0.29) is 17.2 Å². The molecule has 0 amide bonds. The number of carbonyl (C=O) groups excluding carboxylic acids is 1. The van der Waals surface area contributed by atoms with Crippen LogP contribution in [0.5, 0.6) is 0 Å². The number of nitrogens with zero attached hydrogens (tertiary/aromatic N) is 4. The molecule has 27 heavy (non-hydrogen) atoms. The monoisotopic (exact) mass is 379 g/mol. The van der Waals surface area contributed by atoms with Gasteiger partial charge in [0.05, 0.1) is 5.69 Å². The van der Waals surface area contributed by atoms with Crippen molar-refractivity contribution in [2.75, 3.05) is 5.32 Å². The maximum atomic E-state index is 11.4. The molecule has 0 aliphatic carbocycles. The Kier molecular flexibility index (Phi) is 5.68. The van der Waals surface area contributed by atoms with Crippen LogP contribution in [0.1, 0.15) is 13.8 Å². The first-order valence-corrected chi connectivity index (χ1v) is 8.93. The van der Waals surface area contributed by atoms with Crippen LogP contribution in [0.15, 0.2) is 76.3 Å². The average molecular weight is 379 g/mol. The number of allylic oxidation sites excluding steroid dienone is 2. The average Bonchev–Trinajstić information content (AvgIpc) is 3.11. The smallest absolute Gasteiger partial charge is 0.210 e. The summed E-state index contributed by atoms with van der Waals surface area (Å²) < 4.78 is 0. The Hall–Kier alpha value is -3.39. The van der Waals surface area contributed by atoms with Gasteiger partial charge in [0.1, 0.15) is 10.8 Å². The van der Waals surface area contributed by atoms with Gasteiger partial charge in [0.15, 0.2) is 11.5 Å². The lowest BCUT2D eigenvalue weighted by atomic mass is 10.2. The highest BCUT2D eigenvalue weighted by Crippen LogP contribution is 2.29. The lowest BCUT2D eigenvalue weighted by molar-refractivity contribution is -0.113. The zero-order chi connectivity index (χ0) is 19.2. The van der Waals surface area contributed by atoms with Crippen LogP contribution in [-0.2, 0) is 4.79 Å². The van der Waals surface area contributed by atoms with E-state index in [1.165, 1.54) is 25.2 Å². The molecule has 0 spiro atoms. The van der Waals surface area contributed by atoms with Gasteiger partial charge in [0.2, 0.25) is 5.13 Å². The molecule has 8 heteroatoms. The number of nitrogens with one attached hydrogen (secondary N) is 1. The van der Waals surface area contributed by atoms with Gasteiger partial charge >= 0.3 is 0 Å². The van der Waals surface area contributed by atoms with E-state index in [1.807, 2.05) is 42.5 Å². The molecule has 7 nitrogen and oxygen atoms in total. The molecule has 1 aromatic heterocycles. The van der Waals surface area contributed by atoms with Crippen LogP contribution in [0.2, 0.25) is 0 Å². The minimum Gasteiger partial charge on any atom is -0.510 e. The molecule has 1 heterocycles. The van der Waals surface area contributed by atoms with Crippen LogP contribution < -0.4 is 5.32 Å². The molecule has 0 atom stereocenters. The molecule has 0 fully saturated rings. The number of carbonyl (C=O) groups is 1. The third-order valence-corrected chi connectivity index (χ3v) is 4.39. The number of aliphatic hydroxyl groups excluding tert-OH is 1. The molecule has 0 unspecified atom stereocenters. The predicted octanol–water partition coefficient (Wildman–Crippen LogP) is 5.41. The zero-order valence-corrected chi connectivity index (χ0v) is 15.6. The fourth-order valence-electron chi connectivity index (χ4n) is 2.21. The Bertz CT molecular complexity index is 990. The predicted molar refractivity (Wildman–Crippen MR) is 106 cm³/mol. The Morgan fingerprint density at radius 1 is 1.04 bits per heavy atom. The lowest BCUT2D eigenvalue weighted by Crippen LogP contribution is -1.96. The van der Waals surface area contributed by atoms with Crippen molar-refractivity contribution in [3.8, 4) is 10.6 Å². The maximum Gasteiger partial charge on any atom is 0.210 e. The SMILES string of the molecule is CC(=O)/C(N=Nc1ccc(-c2nnc(Nc3ccccc3)s2)cc1)=C(/C)O. The van der Waals surface area contributed by atoms with Crippen LogP contribution in [0.3, 0.4) is 0 Å². The number of aliphatic hydroxyl groups is 1. The van der Waals surface area contributed by atoms with Crippen LogP contribution in [-0.4, -0.2) is 21.1 Å². The van der Waals surface area contributed by atoms with Crippen molar-refractivity contribution >= 4 is 33.6 Å². The van der Waals surface area contributed by atoms with E-state index in [0.717, 1.165) is 16.3 Å². The fourth-order valence-corrected chi connectivity index (χ4v) is 2.98. The van der Waals surface area contributed by atoms with Gasteiger partial charge in [-0.1, -0.05) is 29.5 Å². The number of para-hydroxylation sites is 1. The van der Waals surface area contributed by atoms with Gasteiger partial charge in [-0.2, -0.15) is 5.11 Å². The summed E-state index contributed by atoms with van der Waals surface area (Å²) in [6, 6.07) is 17.0. The molecule has 2 N–H and O–H groups in total. The first-order valence-electron chi connectivity index (χ1n) is 8.11. The molecule has 0 saturated carbocycles. The zero-order valence-electron chi connectivity index (χ0n) is 14.7. The van der Waals surface area contributed by atoms with Gasteiger partial charge in [-0.15, -0.1) is 15.3 Å². The summed E-state index contributed by atoms with van der Waals surface area (Å²) in [5.74, 6) is -0.502. The minimum absolute atomic E-state index is 0.0557. The topological polar surface area (TPSA) is 99.8 Å². The number of hydrogen-bond acceptors (Lipinski definition) is 8. The number of benzene rings is 2. The van der Waals surface area contributed by atoms with E-state index < -0.39 is 0 Å². The molecule has 3 aromatic rings. The second-order valence-electron chi connectivity index (χ2n) is 5.64. The van der Waals surface area contributed by atoms with E-state index in [0.29, 0.717) is 10.8 Å². The molecule has 3 rings (SSSR count). The molecule has 0 bridgehead atoms. The van der Waals surface area contributed by atoms with Crippen molar-refractivity contribution in [1.82, 2.24) is 10.2 Å². The molecule has 0 aliphatic heterocycles. The third kappa shape index (κ3) is 4.83. The van der Waals surface area contributed by atoms with Crippen LogP contribution in [0.25, 0.3) is 10.6 Å². The first kappa shape index (κ1) is 18.4. The Morgan fingerprint density at radius 2 is 1.74 bits per heavy atom. The van der Waals surface area contributed by atoms with Crippen molar-refractivity contribution in [2.24, 2.45) is 10.2 Å². The van der Waals surface area contributed by atoms with Gasteiger partial charge in [0.25, 0.3) is 0 Å². The molecular formula is C19H17N5O2S. The number of Topliss-reactive ketones (excluding diaryl/α,β-unsaturated/α-hetero) is 1. The molecule has 0 saturated heterocycles. The lowest BCUT2D eigenvalue weighted by Gasteiger charge is -2.00.